The molecule has 0 amide bonds. The van der Waals surface area contributed by atoms with E-state index in [2.05, 4.69) is 15.5 Å². The average Bonchev–Trinajstić information content (AvgIpc) is 2.49. The molecule has 90 valence electrons. The molecule has 1 N–H and O–H groups in total. The Kier molecular flexibility index (Phi) is 2.99. The highest BCUT2D eigenvalue weighted by molar-refractivity contribution is 7.91. The maximum Gasteiger partial charge on any atom is 0.325 e. The molecule has 0 aliphatic rings. The van der Waals surface area contributed by atoms with Gasteiger partial charge >= 0.3 is 5.97 Å². The van der Waals surface area contributed by atoms with Gasteiger partial charge in [-0.15, -0.1) is 5.10 Å². The lowest BCUT2D eigenvalue weighted by atomic mass is 10.2. The fourth-order valence-electron chi connectivity index (χ4n) is 1.04. The first-order valence-electron chi connectivity index (χ1n) is 4.34. The van der Waals surface area contributed by atoms with Crippen molar-refractivity contribution < 1.29 is 18.3 Å². The number of carboxylic acids is 1. The molecule has 1 rings (SSSR count). The lowest BCUT2D eigenvalue weighted by molar-refractivity contribution is -0.138. The third kappa shape index (κ3) is 2.18. The van der Waals surface area contributed by atoms with Gasteiger partial charge in [-0.05, 0) is 24.3 Å². The molecule has 0 unspecified atom stereocenters. The SMILES string of the molecule is CC(C)(c1nnnn1CC(=O)O)S(C)(=O)=O. The summed E-state index contributed by atoms with van der Waals surface area (Å²) in [4.78, 5) is 10.5. The molecule has 0 saturated carbocycles. The number of aliphatic carboxylic acids is 1. The third-order valence-electron chi connectivity index (χ3n) is 2.28. The second-order valence-corrected chi connectivity index (χ2v) is 6.40. The molecular formula is C7H12N4O4S. The van der Waals surface area contributed by atoms with Gasteiger partial charge in [0.05, 0.1) is 0 Å². The number of carbonyl (C=O) groups is 1. The van der Waals surface area contributed by atoms with Crippen LogP contribution in [0.3, 0.4) is 0 Å². The van der Waals surface area contributed by atoms with Gasteiger partial charge in [0.25, 0.3) is 0 Å². The molecule has 1 aromatic heterocycles. The van der Waals surface area contributed by atoms with E-state index in [1.54, 1.807) is 0 Å². The molecule has 0 atom stereocenters. The van der Waals surface area contributed by atoms with Gasteiger partial charge in [-0.3, -0.25) is 4.79 Å². The van der Waals surface area contributed by atoms with Gasteiger partial charge in [0, 0.05) is 6.26 Å². The quantitative estimate of drug-likeness (QED) is 0.729. The molecule has 0 bridgehead atoms. The zero-order valence-corrected chi connectivity index (χ0v) is 9.89. The van der Waals surface area contributed by atoms with Crippen LogP contribution in [0.15, 0.2) is 0 Å². The molecule has 0 saturated heterocycles. The van der Waals surface area contributed by atoms with E-state index in [1.807, 2.05) is 0 Å². The van der Waals surface area contributed by atoms with Crippen molar-refractivity contribution in [3.63, 3.8) is 0 Å². The van der Waals surface area contributed by atoms with E-state index in [-0.39, 0.29) is 5.82 Å². The third-order valence-corrected chi connectivity index (χ3v) is 4.32. The summed E-state index contributed by atoms with van der Waals surface area (Å²) in [5, 5.41) is 18.9. The van der Waals surface area contributed by atoms with Crippen LogP contribution in [0.5, 0.6) is 0 Å². The largest absolute Gasteiger partial charge is 0.480 e. The van der Waals surface area contributed by atoms with Crippen LogP contribution in [0, 0.1) is 0 Å². The zero-order valence-electron chi connectivity index (χ0n) is 9.08. The number of rotatable bonds is 4. The molecular weight excluding hydrogens is 236 g/mol. The van der Waals surface area contributed by atoms with Crippen LogP contribution in [0.2, 0.25) is 0 Å². The molecule has 0 aliphatic heterocycles. The minimum absolute atomic E-state index is 0.0115. The Labute approximate surface area is 92.2 Å². The Morgan fingerprint density at radius 3 is 2.50 bits per heavy atom. The van der Waals surface area contributed by atoms with Crippen molar-refractivity contribution in [3.05, 3.63) is 5.82 Å². The van der Waals surface area contributed by atoms with Crippen molar-refractivity contribution in [2.75, 3.05) is 6.26 Å². The van der Waals surface area contributed by atoms with Crippen molar-refractivity contribution >= 4 is 15.8 Å². The van der Waals surface area contributed by atoms with E-state index in [0.717, 1.165) is 10.9 Å². The van der Waals surface area contributed by atoms with Crippen LogP contribution in [0.25, 0.3) is 0 Å². The van der Waals surface area contributed by atoms with E-state index >= 15 is 0 Å². The standard InChI is InChI=1S/C7H12N4O4S/c1-7(2,16(3,14)15)6-8-9-10-11(6)4-5(12)13/h4H2,1-3H3,(H,12,13). The van der Waals surface area contributed by atoms with Gasteiger partial charge in [-0.25, -0.2) is 13.1 Å². The highest BCUT2D eigenvalue weighted by Gasteiger charge is 2.38. The minimum atomic E-state index is -3.44. The lowest BCUT2D eigenvalue weighted by Crippen LogP contribution is -2.33. The number of sulfone groups is 1. The summed E-state index contributed by atoms with van der Waals surface area (Å²) in [5.74, 6) is -1.13. The molecule has 0 aliphatic carbocycles. The minimum Gasteiger partial charge on any atom is -0.480 e. The predicted octanol–water partition coefficient (Wildman–Crippen LogP) is -0.963. The number of nitrogens with zero attached hydrogens (tertiary/aromatic N) is 4. The summed E-state index contributed by atoms with van der Waals surface area (Å²) >= 11 is 0. The number of tetrazole rings is 1. The molecule has 0 aromatic carbocycles. The van der Waals surface area contributed by atoms with Crippen molar-refractivity contribution in [1.29, 1.82) is 0 Å². The molecule has 0 spiro atoms. The summed E-state index contributed by atoms with van der Waals surface area (Å²) in [6.45, 7) is 2.38. The first-order valence-corrected chi connectivity index (χ1v) is 6.23. The van der Waals surface area contributed by atoms with E-state index in [0.29, 0.717) is 0 Å². The van der Waals surface area contributed by atoms with Gasteiger partial charge in [0.2, 0.25) is 0 Å². The van der Waals surface area contributed by atoms with Gasteiger partial charge in [-0.2, -0.15) is 0 Å². The fraction of sp³-hybridized carbons (Fsp3) is 0.714. The van der Waals surface area contributed by atoms with Gasteiger partial charge in [0.15, 0.2) is 15.7 Å². The summed E-state index contributed by atoms with van der Waals surface area (Å²) in [7, 11) is -3.44. The Morgan fingerprint density at radius 2 is 2.06 bits per heavy atom. The summed E-state index contributed by atoms with van der Waals surface area (Å²) in [6.07, 6.45) is 1.05. The molecule has 1 aromatic rings. The molecule has 16 heavy (non-hydrogen) atoms. The van der Waals surface area contributed by atoms with Crippen molar-refractivity contribution in [2.45, 2.75) is 25.1 Å². The van der Waals surface area contributed by atoms with Crippen molar-refractivity contribution in [2.24, 2.45) is 0 Å². The summed E-state index contributed by atoms with van der Waals surface area (Å²) in [5.41, 5.74) is 0. The van der Waals surface area contributed by atoms with Crippen LogP contribution in [-0.4, -0.2) is 46.0 Å². The molecule has 0 radical (unpaired) electrons. The smallest absolute Gasteiger partial charge is 0.325 e. The number of aromatic nitrogens is 4. The van der Waals surface area contributed by atoms with Gasteiger partial charge < -0.3 is 5.11 Å². The van der Waals surface area contributed by atoms with Crippen LogP contribution in [0.1, 0.15) is 19.7 Å². The first-order chi connectivity index (χ1) is 7.16. The molecule has 8 nitrogen and oxygen atoms in total. The van der Waals surface area contributed by atoms with Crippen LogP contribution in [0.4, 0.5) is 0 Å². The predicted molar refractivity (Wildman–Crippen MR) is 53.3 cm³/mol. The number of carboxylic acid groups (broad SMARTS) is 1. The molecule has 0 fully saturated rings. The molecule has 9 heteroatoms. The van der Waals surface area contributed by atoms with Gasteiger partial charge in [0.1, 0.15) is 11.3 Å². The maximum absolute atomic E-state index is 11.5. The van der Waals surface area contributed by atoms with E-state index in [1.165, 1.54) is 13.8 Å². The topological polar surface area (TPSA) is 115 Å². The number of hydrogen-bond donors (Lipinski definition) is 1. The second kappa shape index (κ2) is 3.81. The highest BCUT2D eigenvalue weighted by Crippen LogP contribution is 2.26. The Balaban J connectivity index is 3.24. The Hall–Kier alpha value is -1.51. The monoisotopic (exact) mass is 248 g/mol. The lowest BCUT2D eigenvalue weighted by Gasteiger charge is -2.20. The van der Waals surface area contributed by atoms with Gasteiger partial charge in [-0.1, -0.05) is 0 Å². The Morgan fingerprint density at radius 1 is 1.50 bits per heavy atom. The normalized spacial score (nSPS) is 12.7. The zero-order chi connectivity index (χ0) is 12.6. The first kappa shape index (κ1) is 12.6. The average molecular weight is 248 g/mol. The molecule has 1 heterocycles. The number of hydrogen-bond acceptors (Lipinski definition) is 6. The summed E-state index contributed by atoms with van der Waals surface area (Å²) < 4.78 is 22.7. The van der Waals surface area contributed by atoms with Crippen LogP contribution in [-0.2, 0) is 25.9 Å². The van der Waals surface area contributed by atoms with E-state index in [4.69, 9.17) is 5.11 Å². The van der Waals surface area contributed by atoms with Crippen LogP contribution >= 0.6 is 0 Å². The van der Waals surface area contributed by atoms with Crippen LogP contribution < -0.4 is 0 Å². The highest BCUT2D eigenvalue weighted by atomic mass is 32.2. The fourth-order valence-corrected chi connectivity index (χ4v) is 1.51. The van der Waals surface area contributed by atoms with E-state index < -0.39 is 27.1 Å². The second-order valence-electron chi connectivity index (χ2n) is 3.84. The maximum atomic E-state index is 11.5. The summed E-state index contributed by atoms with van der Waals surface area (Å²) in [6, 6.07) is 0. The van der Waals surface area contributed by atoms with Crippen molar-refractivity contribution in [1.82, 2.24) is 20.2 Å². The van der Waals surface area contributed by atoms with E-state index in [9.17, 15) is 13.2 Å². The Bertz CT molecular complexity index is 504. The van der Waals surface area contributed by atoms with Crippen molar-refractivity contribution in [3.8, 4) is 0 Å².